The largest absolute Gasteiger partial charge is 0.497 e. The summed E-state index contributed by atoms with van der Waals surface area (Å²) < 4.78 is 5.13. The van der Waals surface area contributed by atoms with E-state index >= 15 is 0 Å². The number of hydrogen-bond donors (Lipinski definition) is 1. The summed E-state index contributed by atoms with van der Waals surface area (Å²) in [6, 6.07) is 9.91. The van der Waals surface area contributed by atoms with Gasteiger partial charge in [0.15, 0.2) is 5.13 Å². The minimum absolute atomic E-state index is 0.851. The fourth-order valence-corrected chi connectivity index (χ4v) is 3.23. The second-order valence-electron chi connectivity index (χ2n) is 3.90. The Bertz CT molecular complexity index is 644. The number of anilines is 2. The number of aromatic nitrogens is 1. The quantitative estimate of drug-likeness (QED) is 0.760. The number of rotatable bonds is 4. The molecular formula is C14H12N2OS2. The van der Waals surface area contributed by atoms with E-state index in [0.29, 0.717) is 0 Å². The Morgan fingerprint density at radius 2 is 2.00 bits per heavy atom. The molecule has 0 aliphatic carbocycles. The number of thiazole rings is 1. The second-order valence-corrected chi connectivity index (χ2v) is 5.71. The van der Waals surface area contributed by atoms with Gasteiger partial charge in [-0.1, -0.05) is 11.3 Å². The molecule has 0 saturated heterocycles. The summed E-state index contributed by atoms with van der Waals surface area (Å²) in [5.41, 5.74) is 2.23. The predicted molar refractivity (Wildman–Crippen MR) is 81.7 cm³/mol. The van der Waals surface area contributed by atoms with E-state index in [9.17, 15) is 0 Å². The molecule has 0 bridgehead atoms. The van der Waals surface area contributed by atoms with Crippen molar-refractivity contribution in [3.63, 3.8) is 0 Å². The molecule has 5 heteroatoms. The van der Waals surface area contributed by atoms with Gasteiger partial charge in [0.05, 0.1) is 12.0 Å². The molecule has 0 atom stereocenters. The van der Waals surface area contributed by atoms with Gasteiger partial charge >= 0.3 is 0 Å². The molecule has 0 unspecified atom stereocenters. The zero-order valence-corrected chi connectivity index (χ0v) is 11.9. The highest BCUT2D eigenvalue weighted by Crippen LogP contribution is 2.31. The number of hydrogen-bond acceptors (Lipinski definition) is 5. The molecule has 19 heavy (non-hydrogen) atoms. The van der Waals surface area contributed by atoms with E-state index in [0.717, 1.165) is 16.6 Å². The van der Waals surface area contributed by atoms with Crippen molar-refractivity contribution in [2.45, 2.75) is 0 Å². The molecule has 1 N–H and O–H groups in total. The van der Waals surface area contributed by atoms with Crippen LogP contribution in [0.5, 0.6) is 5.75 Å². The lowest BCUT2D eigenvalue weighted by molar-refractivity contribution is 0.415. The lowest BCUT2D eigenvalue weighted by Gasteiger charge is -2.03. The maximum absolute atomic E-state index is 5.13. The van der Waals surface area contributed by atoms with Crippen molar-refractivity contribution in [2.24, 2.45) is 0 Å². The maximum atomic E-state index is 5.13. The van der Waals surface area contributed by atoms with Gasteiger partial charge in [-0.05, 0) is 41.1 Å². The Labute approximate surface area is 119 Å². The molecule has 2 heterocycles. The molecule has 1 aromatic carbocycles. The lowest BCUT2D eigenvalue weighted by Crippen LogP contribution is -1.89. The number of nitrogens with zero attached hydrogens (tertiary/aromatic N) is 1. The Morgan fingerprint density at radius 1 is 1.16 bits per heavy atom. The van der Waals surface area contributed by atoms with Gasteiger partial charge in [-0.2, -0.15) is 11.3 Å². The van der Waals surface area contributed by atoms with Crippen molar-refractivity contribution in [3.8, 4) is 16.2 Å². The predicted octanol–water partition coefficient (Wildman–Crippen LogP) is 4.62. The van der Waals surface area contributed by atoms with Gasteiger partial charge in [0.1, 0.15) is 5.75 Å². The molecule has 3 nitrogen and oxygen atoms in total. The molecule has 0 aliphatic heterocycles. The van der Waals surface area contributed by atoms with Gasteiger partial charge in [0, 0.05) is 17.4 Å². The van der Waals surface area contributed by atoms with Crippen molar-refractivity contribution in [3.05, 3.63) is 47.3 Å². The number of nitrogens with one attached hydrogen (secondary N) is 1. The van der Waals surface area contributed by atoms with Crippen LogP contribution in [0.15, 0.2) is 47.3 Å². The van der Waals surface area contributed by atoms with Crippen molar-refractivity contribution < 1.29 is 4.74 Å². The zero-order chi connectivity index (χ0) is 13.1. The van der Waals surface area contributed by atoms with Crippen molar-refractivity contribution in [2.75, 3.05) is 12.4 Å². The molecule has 0 saturated carbocycles. The molecule has 0 radical (unpaired) electrons. The van der Waals surface area contributed by atoms with Gasteiger partial charge in [-0.25, -0.2) is 4.98 Å². The highest BCUT2D eigenvalue weighted by Gasteiger charge is 2.05. The summed E-state index contributed by atoms with van der Waals surface area (Å²) in [6.45, 7) is 0. The normalized spacial score (nSPS) is 10.4. The van der Waals surface area contributed by atoms with Crippen LogP contribution in [0.3, 0.4) is 0 Å². The highest BCUT2D eigenvalue weighted by molar-refractivity contribution is 7.19. The van der Waals surface area contributed by atoms with Crippen LogP contribution in [0.25, 0.3) is 10.4 Å². The van der Waals surface area contributed by atoms with Crippen molar-refractivity contribution in [1.82, 2.24) is 4.98 Å². The van der Waals surface area contributed by atoms with E-state index in [4.69, 9.17) is 4.74 Å². The first-order chi connectivity index (χ1) is 9.35. The van der Waals surface area contributed by atoms with Gasteiger partial charge in [0.25, 0.3) is 0 Å². The van der Waals surface area contributed by atoms with Gasteiger partial charge < -0.3 is 10.1 Å². The SMILES string of the molecule is COc1ccc(Nc2ncc(-c3ccsc3)s2)cc1. The number of benzene rings is 1. The third kappa shape index (κ3) is 2.77. The molecule has 3 rings (SSSR count). The Morgan fingerprint density at radius 3 is 2.68 bits per heavy atom. The van der Waals surface area contributed by atoms with Crippen LogP contribution in [-0.4, -0.2) is 12.1 Å². The molecular weight excluding hydrogens is 276 g/mol. The van der Waals surface area contributed by atoms with Crippen LogP contribution in [0.2, 0.25) is 0 Å². The van der Waals surface area contributed by atoms with Gasteiger partial charge in [-0.15, -0.1) is 0 Å². The van der Waals surface area contributed by atoms with Gasteiger partial charge in [-0.3, -0.25) is 0 Å². The third-order valence-electron chi connectivity index (χ3n) is 2.65. The summed E-state index contributed by atoms with van der Waals surface area (Å²) in [6.07, 6.45) is 1.90. The van der Waals surface area contributed by atoms with Crippen molar-refractivity contribution in [1.29, 1.82) is 0 Å². The lowest BCUT2D eigenvalue weighted by atomic mass is 10.3. The third-order valence-corrected chi connectivity index (χ3v) is 4.30. The topological polar surface area (TPSA) is 34.1 Å². The first kappa shape index (κ1) is 12.2. The summed E-state index contributed by atoms with van der Waals surface area (Å²) in [5.74, 6) is 0.851. The van der Waals surface area contributed by atoms with E-state index in [2.05, 4.69) is 27.1 Å². The smallest absolute Gasteiger partial charge is 0.187 e. The number of methoxy groups -OCH3 is 1. The highest BCUT2D eigenvalue weighted by atomic mass is 32.1. The van der Waals surface area contributed by atoms with E-state index in [1.165, 1.54) is 10.4 Å². The molecule has 0 spiro atoms. The molecule has 3 aromatic rings. The molecule has 96 valence electrons. The Kier molecular flexibility index (Phi) is 3.48. The Hall–Kier alpha value is -1.85. The van der Waals surface area contributed by atoms with Crippen LogP contribution in [-0.2, 0) is 0 Å². The van der Waals surface area contributed by atoms with Gasteiger partial charge in [0.2, 0.25) is 0 Å². The Balaban J connectivity index is 1.76. The first-order valence-electron chi connectivity index (χ1n) is 5.74. The fourth-order valence-electron chi connectivity index (χ4n) is 1.67. The first-order valence-corrected chi connectivity index (χ1v) is 7.50. The second kappa shape index (κ2) is 5.42. The van der Waals surface area contributed by atoms with E-state index in [1.54, 1.807) is 29.8 Å². The maximum Gasteiger partial charge on any atom is 0.187 e. The average molecular weight is 288 g/mol. The minimum atomic E-state index is 0.851. The van der Waals surface area contributed by atoms with Crippen LogP contribution < -0.4 is 10.1 Å². The average Bonchev–Trinajstić information content (AvgIpc) is 3.10. The summed E-state index contributed by atoms with van der Waals surface area (Å²) in [7, 11) is 1.66. The van der Waals surface area contributed by atoms with E-state index in [-0.39, 0.29) is 0 Å². The summed E-state index contributed by atoms with van der Waals surface area (Å²) in [5, 5.41) is 8.39. The van der Waals surface area contributed by atoms with Crippen LogP contribution in [0, 0.1) is 0 Å². The van der Waals surface area contributed by atoms with Crippen molar-refractivity contribution >= 4 is 33.5 Å². The fraction of sp³-hybridized carbons (Fsp3) is 0.0714. The minimum Gasteiger partial charge on any atom is -0.497 e. The number of ether oxygens (including phenoxy) is 1. The zero-order valence-electron chi connectivity index (χ0n) is 10.3. The molecule has 0 amide bonds. The summed E-state index contributed by atoms with van der Waals surface area (Å²) in [4.78, 5) is 5.57. The van der Waals surface area contributed by atoms with Crippen LogP contribution >= 0.6 is 22.7 Å². The van der Waals surface area contributed by atoms with Crippen LogP contribution in [0.1, 0.15) is 0 Å². The molecule has 0 fully saturated rings. The monoisotopic (exact) mass is 288 g/mol. The summed E-state index contributed by atoms with van der Waals surface area (Å²) >= 11 is 3.34. The standard InChI is InChI=1S/C14H12N2OS2/c1-17-12-4-2-11(3-5-12)16-14-15-8-13(19-14)10-6-7-18-9-10/h2-9H,1H3,(H,15,16). The van der Waals surface area contributed by atoms with E-state index in [1.807, 2.05) is 30.5 Å². The molecule has 2 aromatic heterocycles. The number of thiophene rings is 1. The van der Waals surface area contributed by atoms with Crippen LogP contribution in [0.4, 0.5) is 10.8 Å². The van der Waals surface area contributed by atoms with E-state index < -0.39 is 0 Å². The molecule has 0 aliphatic rings.